The number of hydrogen-bond donors (Lipinski definition) is 1. The molecule has 3 heteroatoms. The summed E-state index contributed by atoms with van der Waals surface area (Å²) in [6, 6.07) is 25.4. The van der Waals surface area contributed by atoms with Crippen LogP contribution in [0, 0.1) is 6.92 Å². The molecule has 1 aliphatic rings. The fourth-order valence-electron chi connectivity index (χ4n) is 3.58. The smallest absolute Gasteiger partial charge is 0.145 e. The Balaban J connectivity index is 1.83. The zero-order chi connectivity index (χ0) is 16.1. The number of imidazole rings is 1. The molecule has 24 heavy (non-hydrogen) atoms. The predicted octanol–water partition coefficient (Wildman–Crippen LogP) is 4.98. The first-order valence-electron chi connectivity index (χ1n) is 8.21. The van der Waals surface area contributed by atoms with E-state index in [0.29, 0.717) is 0 Å². The van der Waals surface area contributed by atoms with E-state index >= 15 is 0 Å². The molecule has 0 spiro atoms. The van der Waals surface area contributed by atoms with Gasteiger partial charge in [0.2, 0.25) is 0 Å². The molecule has 116 valence electrons. The van der Waals surface area contributed by atoms with Gasteiger partial charge in [0.15, 0.2) is 0 Å². The van der Waals surface area contributed by atoms with Crippen molar-refractivity contribution in [3.8, 4) is 11.4 Å². The molecule has 1 N–H and O–H groups in total. The van der Waals surface area contributed by atoms with Gasteiger partial charge >= 0.3 is 0 Å². The Morgan fingerprint density at radius 3 is 2.67 bits per heavy atom. The summed E-state index contributed by atoms with van der Waals surface area (Å²) in [5, 5.41) is 3.70. The quantitative estimate of drug-likeness (QED) is 0.537. The van der Waals surface area contributed by atoms with Gasteiger partial charge in [-0.05, 0) is 36.8 Å². The molecule has 1 unspecified atom stereocenters. The molecule has 4 aromatic rings. The highest BCUT2D eigenvalue weighted by Crippen LogP contribution is 2.40. The molecule has 0 saturated heterocycles. The molecule has 0 fully saturated rings. The van der Waals surface area contributed by atoms with Crippen LogP contribution in [0.4, 0.5) is 5.69 Å². The lowest BCUT2D eigenvalue weighted by atomic mass is 10.0. The van der Waals surface area contributed by atoms with Gasteiger partial charge < -0.3 is 5.32 Å². The lowest BCUT2D eigenvalue weighted by molar-refractivity contribution is 0.668. The second kappa shape index (κ2) is 4.96. The van der Waals surface area contributed by atoms with Gasteiger partial charge in [-0.15, -0.1) is 0 Å². The third kappa shape index (κ3) is 1.88. The largest absolute Gasteiger partial charge is 0.361 e. The van der Waals surface area contributed by atoms with E-state index in [1.165, 1.54) is 11.1 Å². The summed E-state index contributed by atoms with van der Waals surface area (Å²) in [6.45, 7) is 2.13. The molecular weight excluding hydrogens is 294 g/mol. The van der Waals surface area contributed by atoms with Gasteiger partial charge in [-0.3, -0.25) is 4.57 Å². The zero-order valence-electron chi connectivity index (χ0n) is 13.4. The van der Waals surface area contributed by atoms with Crippen molar-refractivity contribution in [3.63, 3.8) is 0 Å². The molecular formula is C21H17N3. The normalized spacial score (nSPS) is 15.6. The summed E-state index contributed by atoms with van der Waals surface area (Å²) in [6.07, 6.45) is 0.0437. The van der Waals surface area contributed by atoms with Crippen molar-refractivity contribution in [2.75, 3.05) is 5.32 Å². The minimum atomic E-state index is 0.0437. The average molecular weight is 311 g/mol. The highest BCUT2D eigenvalue weighted by Gasteiger charge is 2.27. The Hall–Kier alpha value is -3.07. The first-order chi connectivity index (χ1) is 11.8. The maximum absolute atomic E-state index is 4.92. The number of benzene rings is 3. The van der Waals surface area contributed by atoms with Crippen LogP contribution in [-0.2, 0) is 0 Å². The Morgan fingerprint density at radius 1 is 0.917 bits per heavy atom. The number of aromatic nitrogens is 2. The predicted molar refractivity (Wildman–Crippen MR) is 98.1 cm³/mol. The van der Waals surface area contributed by atoms with Gasteiger partial charge in [0.1, 0.15) is 12.0 Å². The lowest BCUT2D eigenvalue weighted by Gasteiger charge is -2.30. The van der Waals surface area contributed by atoms with Crippen LogP contribution in [0.1, 0.15) is 17.3 Å². The van der Waals surface area contributed by atoms with E-state index in [1.807, 2.05) is 6.07 Å². The summed E-state index contributed by atoms with van der Waals surface area (Å²) < 4.78 is 2.31. The van der Waals surface area contributed by atoms with Crippen molar-refractivity contribution in [1.29, 1.82) is 0 Å². The summed E-state index contributed by atoms with van der Waals surface area (Å²) in [5.74, 6) is 1.03. The Bertz CT molecular complexity index is 1060. The van der Waals surface area contributed by atoms with Crippen molar-refractivity contribution >= 4 is 16.7 Å². The van der Waals surface area contributed by atoms with Gasteiger partial charge in [-0.2, -0.15) is 0 Å². The van der Waals surface area contributed by atoms with Crippen LogP contribution < -0.4 is 5.32 Å². The molecule has 5 rings (SSSR count). The number of para-hydroxylation sites is 3. The van der Waals surface area contributed by atoms with Crippen LogP contribution in [0.3, 0.4) is 0 Å². The maximum atomic E-state index is 4.92. The van der Waals surface area contributed by atoms with Crippen molar-refractivity contribution in [1.82, 2.24) is 9.55 Å². The zero-order valence-corrected chi connectivity index (χ0v) is 13.4. The molecule has 0 saturated carbocycles. The molecule has 0 amide bonds. The summed E-state index contributed by atoms with van der Waals surface area (Å²) in [4.78, 5) is 4.92. The van der Waals surface area contributed by atoms with Gasteiger partial charge in [0.25, 0.3) is 0 Å². The third-order valence-corrected chi connectivity index (χ3v) is 4.67. The van der Waals surface area contributed by atoms with Gasteiger partial charge in [0, 0.05) is 11.3 Å². The number of rotatable bonds is 1. The monoisotopic (exact) mass is 311 g/mol. The van der Waals surface area contributed by atoms with Crippen LogP contribution in [0.25, 0.3) is 22.4 Å². The van der Waals surface area contributed by atoms with E-state index in [9.17, 15) is 0 Å². The minimum absolute atomic E-state index is 0.0437. The van der Waals surface area contributed by atoms with Gasteiger partial charge in [0.05, 0.1) is 11.0 Å². The minimum Gasteiger partial charge on any atom is -0.361 e. The second-order valence-electron chi connectivity index (χ2n) is 6.30. The number of fused-ring (bicyclic) bond motifs is 5. The van der Waals surface area contributed by atoms with Crippen LogP contribution in [0.2, 0.25) is 0 Å². The van der Waals surface area contributed by atoms with Gasteiger partial charge in [-0.1, -0.05) is 54.1 Å². The molecule has 0 bridgehead atoms. The molecule has 0 radical (unpaired) electrons. The van der Waals surface area contributed by atoms with E-state index in [2.05, 4.69) is 83.5 Å². The van der Waals surface area contributed by atoms with E-state index in [1.54, 1.807) is 0 Å². The topological polar surface area (TPSA) is 29.9 Å². The van der Waals surface area contributed by atoms with E-state index < -0.39 is 0 Å². The van der Waals surface area contributed by atoms with Crippen LogP contribution in [0.15, 0.2) is 72.8 Å². The summed E-state index contributed by atoms with van der Waals surface area (Å²) >= 11 is 0. The number of aryl methyl sites for hydroxylation is 1. The molecule has 1 aliphatic heterocycles. The van der Waals surface area contributed by atoms with E-state index in [-0.39, 0.29) is 6.17 Å². The van der Waals surface area contributed by atoms with E-state index in [4.69, 9.17) is 4.98 Å². The van der Waals surface area contributed by atoms with E-state index in [0.717, 1.165) is 28.1 Å². The third-order valence-electron chi connectivity index (χ3n) is 4.67. The number of anilines is 1. The molecule has 3 aromatic carbocycles. The summed E-state index contributed by atoms with van der Waals surface area (Å²) in [5.41, 5.74) is 6.97. The van der Waals surface area contributed by atoms with Gasteiger partial charge in [-0.25, -0.2) is 4.98 Å². The first kappa shape index (κ1) is 13.4. The van der Waals surface area contributed by atoms with Crippen molar-refractivity contribution in [2.45, 2.75) is 13.1 Å². The number of nitrogens with zero attached hydrogens (tertiary/aromatic N) is 2. The molecule has 1 aromatic heterocycles. The number of nitrogens with one attached hydrogen (secondary N) is 1. The summed E-state index contributed by atoms with van der Waals surface area (Å²) in [7, 11) is 0. The molecule has 3 nitrogen and oxygen atoms in total. The fourth-order valence-corrected chi connectivity index (χ4v) is 3.58. The Labute approximate surface area is 140 Å². The SMILES string of the molecule is Cc1cccc(C2Nc3ccccc3-c3nc4ccccc4n32)c1. The standard InChI is InChI=1S/C21H17N3/c1-14-7-6-8-15(13-14)20-22-17-10-3-2-9-16(17)21-23-18-11-4-5-12-19(18)24(20)21/h2-13,20,22H,1H3. The van der Waals surface area contributed by atoms with Crippen molar-refractivity contribution < 1.29 is 0 Å². The van der Waals surface area contributed by atoms with Crippen LogP contribution in [0.5, 0.6) is 0 Å². The highest BCUT2D eigenvalue weighted by atomic mass is 15.2. The molecule has 0 aliphatic carbocycles. The first-order valence-corrected chi connectivity index (χ1v) is 8.21. The molecule has 2 heterocycles. The highest BCUT2D eigenvalue weighted by molar-refractivity contribution is 5.86. The lowest BCUT2D eigenvalue weighted by Crippen LogP contribution is -2.24. The average Bonchev–Trinajstić information content (AvgIpc) is 3.01. The maximum Gasteiger partial charge on any atom is 0.145 e. The Morgan fingerprint density at radius 2 is 1.75 bits per heavy atom. The Kier molecular flexibility index (Phi) is 2.77. The molecule has 1 atom stereocenters. The fraction of sp³-hybridized carbons (Fsp3) is 0.0952. The van der Waals surface area contributed by atoms with Crippen LogP contribution >= 0.6 is 0 Å². The van der Waals surface area contributed by atoms with Crippen molar-refractivity contribution in [2.24, 2.45) is 0 Å². The number of hydrogen-bond acceptors (Lipinski definition) is 2. The van der Waals surface area contributed by atoms with Crippen LogP contribution in [-0.4, -0.2) is 9.55 Å². The van der Waals surface area contributed by atoms with Crippen molar-refractivity contribution in [3.05, 3.63) is 83.9 Å². The second-order valence-corrected chi connectivity index (χ2v) is 6.30.